The van der Waals surface area contributed by atoms with Crippen LogP contribution < -0.4 is 22.3 Å². The first-order chi connectivity index (χ1) is 9.45. The van der Waals surface area contributed by atoms with E-state index in [1.54, 1.807) is 13.8 Å². The number of aromatic amines is 1. The van der Waals surface area contributed by atoms with E-state index in [0.717, 1.165) is 11.3 Å². The number of H-pyrrole nitrogens is 1. The number of nitrogens with one attached hydrogen (secondary N) is 2. The summed E-state index contributed by atoms with van der Waals surface area (Å²) in [6, 6.07) is 0. The fourth-order valence-corrected chi connectivity index (χ4v) is 2.00. The summed E-state index contributed by atoms with van der Waals surface area (Å²) in [4.78, 5) is 25.6. The van der Waals surface area contributed by atoms with Crippen molar-refractivity contribution in [2.75, 3.05) is 11.1 Å². The molecule has 0 unspecified atom stereocenters. The van der Waals surface area contributed by atoms with Crippen molar-refractivity contribution in [3.8, 4) is 0 Å². The number of hydrogen-bond donors (Lipinski definition) is 3. The third-order valence-electron chi connectivity index (χ3n) is 3.18. The molecule has 0 fully saturated rings. The van der Waals surface area contributed by atoms with Crippen molar-refractivity contribution in [1.29, 1.82) is 0 Å². The standard InChI is InChI=1S/C12H17N5O3/c1-4-17-10(13)9(11(18)15-12(17)19)14-5-8-6(2)16-20-7(8)3/h14H,4-5,13H2,1-3H3,(H,15,18,19). The predicted molar refractivity (Wildman–Crippen MR) is 74.7 cm³/mol. The summed E-state index contributed by atoms with van der Waals surface area (Å²) in [6.45, 7) is 6.09. The Morgan fingerprint density at radius 3 is 2.65 bits per heavy atom. The smallest absolute Gasteiger partial charge is 0.330 e. The van der Waals surface area contributed by atoms with Crippen molar-refractivity contribution in [2.45, 2.75) is 33.9 Å². The van der Waals surface area contributed by atoms with Crippen LogP contribution in [0.4, 0.5) is 11.5 Å². The molecule has 108 valence electrons. The maximum Gasteiger partial charge on any atom is 0.330 e. The van der Waals surface area contributed by atoms with Gasteiger partial charge < -0.3 is 15.6 Å². The Morgan fingerprint density at radius 1 is 1.40 bits per heavy atom. The Labute approximate surface area is 114 Å². The van der Waals surface area contributed by atoms with Crippen LogP contribution in [0.15, 0.2) is 14.1 Å². The summed E-state index contributed by atoms with van der Waals surface area (Å²) < 4.78 is 6.33. The number of nitrogens with two attached hydrogens (primary N) is 1. The van der Waals surface area contributed by atoms with Gasteiger partial charge in [0, 0.05) is 18.7 Å². The molecule has 2 aromatic rings. The lowest BCUT2D eigenvalue weighted by atomic mass is 10.2. The zero-order valence-corrected chi connectivity index (χ0v) is 11.6. The molecular formula is C12H17N5O3. The van der Waals surface area contributed by atoms with Crippen molar-refractivity contribution in [2.24, 2.45) is 0 Å². The van der Waals surface area contributed by atoms with Crippen LogP contribution in [0.3, 0.4) is 0 Å². The second kappa shape index (κ2) is 5.24. The number of hydrogen-bond acceptors (Lipinski definition) is 6. The zero-order valence-electron chi connectivity index (χ0n) is 11.6. The molecule has 0 aliphatic rings. The lowest BCUT2D eigenvalue weighted by Gasteiger charge is -2.12. The molecule has 0 saturated heterocycles. The Kier molecular flexibility index (Phi) is 3.64. The van der Waals surface area contributed by atoms with E-state index in [4.69, 9.17) is 10.3 Å². The molecule has 0 saturated carbocycles. The molecule has 0 amide bonds. The minimum absolute atomic E-state index is 0.119. The molecule has 4 N–H and O–H groups in total. The van der Waals surface area contributed by atoms with E-state index in [2.05, 4.69) is 15.5 Å². The highest BCUT2D eigenvalue weighted by Crippen LogP contribution is 2.16. The highest BCUT2D eigenvalue weighted by molar-refractivity contribution is 5.60. The highest BCUT2D eigenvalue weighted by Gasteiger charge is 2.13. The van der Waals surface area contributed by atoms with Gasteiger partial charge in [-0.25, -0.2) is 4.79 Å². The van der Waals surface area contributed by atoms with Gasteiger partial charge in [-0.3, -0.25) is 14.3 Å². The molecule has 20 heavy (non-hydrogen) atoms. The third kappa shape index (κ3) is 2.31. The number of anilines is 2. The summed E-state index contributed by atoms with van der Waals surface area (Å²) in [5.41, 5.74) is 6.57. The summed E-state index contributed by atoms with van der Waals surface area (Å²) in [7, 11) is 0. The highest BCUT2D eigenvalue weighted by atomic mass is 16.5. The Balaban J connectivity index is 2.35. The second-order valence-electron chi connectivity index (χ2n) is 4.42. The topological polar surface area (TPSA) is 119 Å². The van der Waals surface area contributed by atoms with E-state index in [-0.39, 0.29) is 11.5 Å². The number of aryl methyl sites for hydroxylation is 2. The van der Waals surface area contributed by atoms with Crippen LogP contribution in [-0.4, -0.2) is 14.7 Å². The van der Waals surface area contributed by atoms with Crippen molar-refractivity contribution < 1.29 is 4.52 Å². The van der Waals surface area contributed by atoms with Crippen LogP contribution in [0.1, 0.15) is 23.9 Å². The van der Waals surface area contributed by atoms with Gasteiger partial charge in [0.2, 0.25) is 0 Å². The van der Waals surface area contributed by atoms with Crippen LogP contribution in [0.2, 0.25) is 0 Å². The van der Waals surface area contributed by atoms with Crippen molar-refractivity contribution in [3.05, 3.63) is 37.9 Å². The van der Waals surface area contributed by atoms with E-state index in [0.29, 0.717) is 18.8 Å². The summed E-state index contributed by atoms with van der Waals surface area (Å²) in [6.07, 6.45) is 0. The molecule has 0 bridgehead atoms. The van der Waals surface area contributed by atoms with Gasteiger partial charge >= 0.3 is 5.69 Å². The number of nitrogen functional groups attached to an aromatic ring is 1. The van der Waals surface area contributed by atoms with Gasteiger partial charge in [0.25, 0.3) is 5.56 Å². The summed E-state index contributed by atoms with van der Waals surface area (Å²) in [5, 5.41) is 6.77. The lowest BCUT2D eigenvalue weighted by molar-refractivity contribution is 0.392. The minimum atomic E-state index is -0.538. The van der Waals surface area contributed by atoms with E-state index in [9.17, 15) is 9.59 Å². The quantitative estimate of drug-likeness (QED) is 0.743. The molecule has 0 aliphatic carbocycles. The van der Waals surface area contributed by atoms with Crippen molar-refractivity contribution in [3.63, 3.8) is 0 Å². The average Bonchev–Trinajstić information content (AvgIpc) is 2.69. The molecule has 0 radical (unpaired) electrons. The summed E-state index contributed by atoms with van der Waals surface area (Å²) in [5.74, 6) is 0.793. The van der Waals surface area contributed by atoms with Crippen LogP contribution in [0.25, 0.3) is 0 Å². The van der Waals surface area contributed by atoms with E-state index >= 15 is 0 Å². The van der Waals surface area contributed by atoms with Gasteiger partial charge in [0.1, 0.15) is 17.3 Å². The van der Waals surface area contributed by atoms with Crippen LogP contribution in [0.5, 0.6) is 0 Å². The molecule has 8 heteroatoms. The molecule has 0 aromatic carbocycles. The average molecular weight is 279 g/mol. The molecule has 8 nitrogen and oxygen atoms in total. The van der Waals surface area contributed by atoms with Gasteiger partial charge in [-0.1, -0.05) is 5.16 Å². The Bertz CT molecular complexity index is 721. The Hall–Kier alpha value is -2.51. The first-order valence-corrected chi connectivity index (χ1v) is 6.23. The maximum absolute atomic E-state index is 11.8. The van der Waals surface area contributed by atoms with Gasteiger partial charge in [0.05, 0.1) is 5.69 Å². The van der Waals surface area contributed by atoms with E-state index < -0.39 is 11.2 Å². The first-order valence-electron chi connectivity index (χ1n) is 6.23. The van der Waals surface area contributed by atoms with Gasteiger partial charge in [0.15, 0.2) is 0 Å². The van der Waals surface area contributed by atoms with Crippen molar-refractivity contribution >= 4 is 11.5 Å². The predicted octanol–water partition coefficient (Wildman–Crippen LogP) is 0.356. The molecule has 0 spiro atoms. The molecular weight excluding hydrogens is 262 g/mol. The first kappa shape index (κ1) is 13.9. The molecule has 2 aromatic heterocycles. The van der Waals surface area contributed by atoms with Crippen molar-refractivity contribution in [1.82, 2.24) is 14.7 Å². The lowest BCUT2D eigenvalue weighted by Crippen LogP contribution is -2.33. The van der Waals surface area contributed by atoms with Crippen LogP contribution in [0, 0.1) is 13.8 Å². The number of aromatic nitrogens is 3. The van der Waals surface area contributed by atoms with Crippen LogP contribution >= 0.6 is 0 Å². The normalized spacial score (nSPS) is 10.8. The van der Waals surface area contributed by atoms with E-state index in [1.165, 1.54) is 4.57 Å². The SMILES string of the molecule is CCn1c(N)c(NCc2c(C)noc2C)c(=O)[nH]c1=O. The molecule has 2 heterocycles. The fourth-order valence-electron chi connectivity index (χ4n) is 2.00. The fraction of sp³-hybridized carbons (Fsp3) is 0.417. The number of rotatable bonds is 4. The van der Waals surface area contributed by atoms with Gasteiger partial charge in [-0.05, 0) is 20.8 Å². The molecule has 0 aliphatic heterocycles. The van der Waals surface area contributed by atoms with E-state index in [1.807, 2.05) is 6.92 Å². The Morgan fingerprint density at radius 2 is 2.10 bits per heavy atom. The number of nitrogens with zero attached hydrogens (tertiary/aromatic N) is 2. The monoisotopic (exact) mass is 279 g/mol. The zero-order chi connectivity index (χ0) is 14.9. The minimum Gasteiger partial charge on any atom is -0.383 e. The van der Waals surface area contributed by atoms with Gasteiger partial charge in [-0.2, -0.15) is 0 Å². The largest absolute Gasteiger partial charge is 0.383 e. The summed E-state index contributed by atoms with van der Waals surface area (Å²) >= 11 is 0. The third-order valence-corrected chi connectivity index (χ3v) is 3.18. The molecule has 0 atom stereocenters. The van der Waals surface area contributed by atoms with Crippen LogP contribution in [-0.2, 0) is 13.1 Å². The van der Waals surface area contributed by atoms with Gasteiger partial charge in [-0.15, -0.1) is 0 Å². The maximum atomic E-state index is 11.8. The molecule has 2 rings (SSSR count). The second-order valence-corrected chi connectivity index (χ2v) is 4.42.